The van der Waals surface area contributed by atoms with Crippen molar-refractivity contribution < 1.29 is 9.32 Å². The van der Waals surface area contributed by atoms with Gasteiger partial charge in [-0.25, -0.2) is 4.98 Å². The summed E-state index contributed by atoms with van der Waals surface area (Å²) >= 11 is 5.94. The SMILES string of the molecule is Cc1cc(NC(=O)CSc2nc3ccsc3c(=O)n2-c2ccc(Br)cc2)no1. The van der Waals surface area contributed by atoms with E-state index >= 15 is 0 Å². The van der Waals surface area contributed by atoms with E-state index in [4.69, 9.17) is 4.52 Å². The third kappa shape index (κ3) is 3.89. The molecule has 0 atom stereocenters. The van der Waals surface area contributed by atoms with E-state index in [-0.39, 0.29) is 17.2 Å². The van der Waals surface area contributed by atoms with Crippen LogP contribution in [0.5, 0.6) is 0 Å². The maximum Gasteiger partial charge on any atom is 0.276 e. The van der Waals surface area contributed by atoms with Crippen molar-refractivity contribution in [3.8, 4) is 5.69 Å². The molecule has 0 unspecified atom stereocenters. The smallest absolute Gasteiger partial charge is 0.276 e. The van der Waals surface area contributed by atoms with Crippen molar-refractivity contribution in [3.63, 3.8) is 0 Å². The molecule has 0 saturated carbocycles. The zero-order valence-electron chi connectivity index (χ0n) is 14.5. The average molecular weight is 477 g/mol. The van der Waals surface area contributed by atoms with Gasteiger partial charge in [-0.05, 0) is 42.6 Å². The van der Waals surface area contributed by atoms with Gasteiger partial charge >= 0.3 is 0 Å². The summed E-state index contributed by atoms with van der Waals surface area (Å²) in [4.78, 5) is 29.9. The van der Waals surface area contributed by atoms with Crippen molar-refractivity contribution in [2.75, 3.05) is 11.1 Å². The van der Waals surface area contributed by atoms with Crippen molar-refractivity contribution >= 4 is 61.0 Å². The number of rotatable bonds is 5. The summed E-state index contributed by atoms with van der Waals surface area (Å²) in [6.45, 7) is 1.74. The van der Waals surface area contributed by atoms with Crippen LogP contribution in [-0.4, -0.2) is 26.4 Å². The molecule has 0 fully saturated rings. The van der Waals surface area contributed by atoms with E-state index in [2.05, 4.69) is 31.4 Å². The Morgan fingerprint density at radius 3 is 2.82 bits per heavy atom. The predicted molar refractivity (Wildman–Crippen MR) is 114 cm³/mol. The van der Waals surface area contributed by atoms with Crippen LogP contribution in [0.4, 0.5) is 5.82 Å². The maximum atomic E-state index is 13.0. The molecule has 3 heterocycles. The topological polar surface area (TPSA) is 90.0 Å². The maximum absolute atomic E-state index is 13.0. The Labute approximate surface area is 175 Å². The fraction of sp³-hybridized carbons (Fsp3) is 0.111. The van der Waals surface area contributed by atoms with Crippen LogP contribution >= 0.6 is 39.0 Å². The van der Waals surface area contributed by atoms with Gasteiger partial charge in [0.1, 0.15) is 10.5 Å². The molecular formula is C18H13BrN4O3S2. The normalized spacial score (nSPS) is 11.1. The Morgan fingerprint density at radius 1 is 1.32 bits per heavy atom. The number of hydrogen-bond donors (Lipinski definition) is 1. The Hall–Kier alpha value is -2.43. The molecule has 4 rings (SSSR count). The standard InChI is InChI=1S/C18H13BrN4O3S2/c1-10-8-14(22-26-10)21-15(24)9-28-18-20-13-6-7-27-16(13)17(25)23(18)12-4-2-11(19)3-5-12/h2-8H,9H2,1H3,(H,21,22,24). The molecule has 0 aliphatic carbocycles. The molecule has 0 bridgehead atoms. The van der Waals surface area contributed by atoms with Gasteiger partial charge < -0.3 is 9.84 Å². The number of carbonyl (C=O) groups excluding carboxylic acids is 1. The van der Waals surface area contributed by atoms with E-state index in [1.807, 2.05) is 29.6 Å². The molecule has 142 valence electrons. The second-order valence-corrected chi connectivity index (χ2v) is 8.58. The Kier molecular flexibility index (Phi) is 5.33. The number of hydrogen-bond acceptors (Lipinski definition) is 7. The minimum Gasteiger partial charge on any atom is -0.360 e. The summed E-state index contributed by atoms with van der Waals surface area (Å²) in [5.41, 5.74) is 1.15. The van der Waals surface area contributed by atoms with Crippen LogP contribution in [0.3, 0.4) is 0 Å². The number of nitrogens with one attached hydrogen (secondary N) is 1. The molecule has 1 N–H and O–H groups in total. The Balaban J connectivity index is 1.65. The highest BCUT2D eigenvalue weighted by Crippen LogP contribution is 2.24. The van der Waals surface area contributed by atoms with Crippen molar-refractivity contribution in [3.05, 3.63) is 62.4 Å². The van der Waals surface area contributed by atoms with E-state index < -0.39 is 0 Å². The number of amides is 1. The summed E-state index contributed by atoms with van der Waals surface area (Å²) in [5.74, 6) is 0.774. The van der Waals surface area contributed by atoms with Crippen LogP contribution in [0.1, 0.15) is 5.76 Å². The highest BCUT2D eigenvalue weighted by molar-refractivity contribution is 9.10. The summed E-state index contributed by atoms with van der Waals surface area (Å²) in [5, 5.41) is 8.69. The van der Waals surface area contributed by atoms with Crippen LogP contribution in [-0.2, 0) is 4.79 Å². The number of nitrogens with zero attached hydrogens (tertiary/aromatic N) is 3. The number of benzene rings is 1. The first-order valence-corrected chi connectivity index (χ1v) is 10.8. The lowest BCUT2D eigenvalue weighted by atomic mass is 10.3. The average Bonchev–Trinajstić information content (AvgIpc) is 3.30. The van der Waals surface area contributed by atoms with Gasteiger partial charge in [0.25, 0.3) is 5.56 Å². The van der Waals surface area contributed by atoms with Gasteiger partial charge in [-0.3, -0.25) is 14.2 Å². The molecule has 1 aromatic carbocycles. The van der Waals surface area contributed by atoms with Crippen LogP contribution in [0.2, 0.25) is 0 Å². The van der Waals surface area contributed by atoms with Crippen LogP contribution in [0, 0.1) is 6.92 Å². The quantitative estimate of drug-likeness (QED) is 0.342. The largest absolute Gasteiger partial charge is 0.360 e. The van der Waals surface area contributed by atoms with E-state index in [9.17, 15) is 9.59 Å². The lowest BCUT2D eigenvalue weighted by Crippen LogP contribution is -2.22. The number of anilines is 1. The number of thiophene rings is 1. The third-order valence-corrected chi connectivity index (χ3v) is 6.12. The highest BCUT2D eigenvalue weighted by Gasteiger charge is 2.16. The fourth-order valence-corrected chi connectivity index (χ4v) is 4.38. The number of fused-ring (bicyclic) bond motifs is 1. The summed E-state index contributed by atoms with van der Waals surface area (Å²) < 4.78 is 7.96. The molecule has 0 saturated heterocycles. The van der Waals surface area contributed by atoms with Crippen molar-refractivity contribution in [1.29, 1.82) is 0 Å². The van der Waals surface area contributed by atoms with E-state index in [1.165, 1.54) is 27.7 Å². The molecule has 0 aliphatic rings. The molecule has 10 heteroatoms. The molecular weight excluding hydrogens is 464 g/mol. The van der Waals surface area contributed by atoms with Gasteiger partial charge in [0.2, 0.25) is 5.91 Å². The summed E-state index contributed by atoms with van der Waals surface area (Å²) in [7, 11) is 0. The first kappa shape index (κ1) is 18.9. The lowest BCUT2D eigenvalue weighted by Gasteiger charge is -2.12. The van der Waals surface area contributed by atoms with Crippen LogP contribution in [0.25, 0.3) is 15.9 Å². The van der Waals surface area contributed by atoms with Gasteiger partial charge in [0, 0.05) is 10.5 Å². The number of aryl methyl sites for hydroxylation is 1. The van der Waals surface area contributed by atoms with Crippen molar-refractivity contribution in [2.45, 2.75) is 12.1 Å². The number of aromatic nitrogens is 3. The number of halogens is 1. The Bertz CT molecular complexity index is 1210. The molecule has 3 aromatic heterocycles. The number of carbonyl (C=O) groups is 1. The molecule has 4 aromatic rings. The second kappa shape index (κ2) is 7.90. The van der Waals surface area contributed by atoms with E-state index in [0.29, 0.717) is 32.6 Å². The molecule has 1 amide bonds. The molecule has 0 radical (unpaired) electrons. The van der Waals surface area contributed by atoms with Crippen molar-refractivity contribution in [1.82, 2.24) is 14.7 Å². The zero-order valence-corrected chi connectivity index (χ0v) is 17.7. The molecule has 28 heavy (non-hydrogen) atoms. The van der Waals surface area contributed by atoms with Crippen molar-refractivity contribution in [2.24, 2.45) is 0 Å². The highest BCUT2D eigenvalue weighted by atomic mass is 79.9. The first-order chi connectivity index (χ1) is 13.5. The Morgan fingerprint density at radius 2 is 2.11 bits per heavy atom. The van der Waals surface area contributed by atoms with Crippen LogP contribution in [0.15, 0.2) is 60.7 Å². The van der Waals surface area contributed by atoms with Crippen LogP contribution < -0.4 is 10.9 Å². The van der Waals surface area contributed by atoms with E-state index in [1.54, 1.807) is 19.1 Å². The van der Waals surface area contributed by atoms with Gasteiger partial charge in [-0.2, -0.15) is 0 Å². The zero-order chi connectivity index (χ0) is 19.7. The fourth-order valence-electron chi connectivity index (χ4n) is 2.54. The molecule has 0 aliphatic heterocycles. The summed E-state index contributed by atoms with van der Waals surface area (Å²) in [6, 6.07) is 10.8. The lowest BCUT2D eigenvalue weighted by molar-refractivity contribution is -0.113. The van der Waals surface area contributed by atoms with E-state index in [0.717, 1.165) is 4.47 Å². The van der Waals surface area contributed by atoms with Gasteiger partial charge in [-0.15, -0.1) is 11.3 Å². The van der Waals surface area contributed by atoms with Gasteiger partial charge in [0.15, 0.2) is 11.0 Å². The molecule has 7 nitrogen and oxygen atoms in total. The third-order valence-electron chi connectivity index (χ3n) is 3.76. The minimum absolute atomic E-state index is 0.0739. The first-order valence-electron chi connectivity index (χ1n) is 8.13. The molecule has 0 spiro atoms. The summed E-state index contributed by atoms with van der Waals surface area (Å²) in [6.07, 6.45) is 0. The number of thioether (sulfide) groups is 1. The monoisotopic (exact) mass is 476 g/mol. The second-order valence-electron chi connectivity index (χ2n) is 5.81. The predicted octanol–water partition coefficient (Wildman–Crippen LogP) is 4.24. The van der Waals surface area contributed by atoms with Gasteiger partial charge in [-0.1, -0.05) is 32.8 Å². The van der Waals surface area contributed by atoms with Gasteiger partial charge in [0.05, 0.1) is 17.0 Å². The minimum atomic E-state index is -0.264.